The molecule has 0 fully saturated rings. The number of rotatable bonds is 3. The number of para-hydroxylation sites is 1. The lowest BCUT2D eigenvalue weighted by atomic mass is 10.2. The fraction of sp³-hybridized carbons (Fsp3) is 0.133. The minimum absolute atomic E-state index is 0.0919. The van der Waals surface area contributed by atoms with E-state index in [0.29, 0.717) is 0 Å². The molecule has 3 rings (SSSR count). The Kier molecular flexibility index (Phi) is 3.25. The maximum Gasteiger partial charge on any atom is 0.169 e. The lowest BCUT2D eigenvalue weighted by molar-refractivity contribution is 0.471. The lowest BCUT2D eigenvalue weighted by Gasteiger charge is -2.13. The third kappa shape index (κ3) is 2.63. The molecule has 0 aliphatic heterocycles. The van der Waals surface area contributed by atoms with E-state index in [9.17, 15) is 0 Å². The minimum atomic E-state index is 0.0919. The summed E-state index contributed by atoms with van der Waals surface area (Å²) in [6.07, 6.45) is 1.84. The van der Waals surface area contributed by atoms with Crippen LogP contribution < -0.4 is 5.32 Å². The smallest absolute Gasteiger partial charge is 0.169 e. The first kappa shape index (κ1) is 12.2. The second-order valence-corrected chi connectivity index (χ2v) is 5.21. The molecule has 0 saturated heterocycles. The Morgan fingerprint density at radius 3 is 2.84 bits per heavy atom. The van der Waals surface area contributed by atoms with Crippen molar-refractivity contribution in [3.05, 3.63) is 59.1 Å². The van der Waals surface area contributed by atoms with Crippen molar-refractivity contribution < 1.29 is 4.42 Å². The molecule has 0 saturated carbocycles. The molecule has 3 nitrogen and oxygen atoms in total. The highest BCUT2D eigenvalue weighted by Crippen LogP contribution is 2.24. The summed E-state index contributed by atoms with van der Waals surface area (Å²) in [6, 6.07) is 14.1. The molecule has 1 N–H and O–H groups in total. The van der Waals surface area contributed by atoms with E-state index >= 15 is 0 Å². The number of furan rings is 1. The van der Waals surface area contributed by atoms with Crippen LogP contribution in [0.15, 0.2) is 57.7 Å². The topological polar surface area (TPSA) is 38.1 Å². The van der Waals surface area contributed by atoms with E-state index in [2.05, 4.69) is 45.3 Å². The van der Waals surface area contributed by atoms with Crippen LogP contribution in [0.2, 0.25) is 0 Å². The van der Waals surface area contributed by atoms with Crippen LogP contribution in [0.5, 0.6) is 0 Å². The molecule has 0 spiro atoms. The maximum atomic E-state index is 5.54. The van der Waals surface area contributed by atoms with Gasteiger partial charge in [0.2, 0.25) is 0 Å². The SMILES string of the molecule is CC(Nc1cnc2ccccc2c1)c1ccc(Br)o1. The van der Waals surface area contributed by atoms with Crippen LogP contribution >= 0.6 is 15.9 Å². The van der Waals surface area contributed by atoms with Crippen LogP contribution in [0.3, 0.4) is 0 Å². The summed E-state index contributed by atoms with van der Waals surface area (Å²) in [5.74, 6) is 0.889. The quantitative estimate of drug-likeness (QED) is 0.756. The number of fused-ring (bicyclic) bond motifs is 1. The van der Waals surface area contributed by atoms with Crippen molar-refractivity contribution in [2.24, 2.45) is 0 Å². The number of halogens is 1. The Balaban J connectivity index is 1.84. The van der Waals surface area contributed by atoms with Crippen molar-refractivity contribution in [3.63, 3.8) is 0 Å². The highest BCUT2D eigenvalue weighted by Gasteiger charge is 2.10. The standard InChI is InChI=1S/C15H13BrN2O/c1-10(14-6-7-15(16)19-14)18-12-8-11-4-2-3-5-13(11)17-9-12/h2-10,18H,1H3. The zero-order valence-corrected chi connectivity index (χ0v) is 12.0. The van der Waals surface area contributed by atoms with Gasteiger partial charge in [-0.15, -0.1) is 0 Å². The summed E-state index contributed by atoms with van der Waals surface area (Å²) < 4.78 is 6.28. The number of aromatic nitrogens is 1. The van der Waals surface area contributed by atoms with Gasteiger partial charge in [0, 0.05) is 5.39 Å². The number of pyridine rings is 1. The number of nitrogens with one attached hydrogen (secondary N) is 1. The maximum absolute atomic E-state index is 5.54. The van der Waals surface area contributed by atoms with Gasteiger partial charge in [0.1, 0.15) is 5.76 Å². The zero-order valence-electron chi connectivity index (χ0n) is 10.4. The molecule has 0 radical (unpaired) electrons. The summed E-state index contributed by atoms with van der Waals surface area (Å²) in [5, 5.41) is 4.51. The Labute approximate surface area is 119 Å². The molecule has 4 heteroatoms. The highest BCUT2D eigenvalue weighted by molar-refractivity contribution is 9.10. The first-order valence-corrected chi connectivity index (χ1v) is 6.88. The van der Waals surface area contributed by atoms with Crippen molar-refractivity contribution in [1.82, 2.24) is 4.98 Å². The third-order valence-electron chi connectivity index (χ3n) is 2.99. The van der Waals surface area contributed by atoms with Gasteiger partial charge in [0.25, 0.3) is 0 Å². The van der Waals surface area contributed by atoms with Crippen LogP contribution in [0.25, 0.3) is 10.9 Å². The van der Waals surface area contributed by atoms with Gasteiger partial charge in [-0.2, -0.15) is 0 Å². The minimum Gasteiger partial charge on any atom is -0.452 e. The number of hydrogen-bond acceptors (Lipinski definition) is 3. The summed E-state index contributed by atoms with van der Waals surface area (Å²) >= 11 is 3.31. The van der Waals surface area contributed by atoms with Crippen LogP contribution in [0.4, 0.5) is 5.69 Å². The van der Waals surface area contributed by atoms with Crippen molar-refractivity contribution in [1.29, 1.82) is 0 Å². The Hall–Kier alpha value is -1.81. The largest absolute Gasteiger partial charge is 0.452 e. The summed E-state index contributed by atoms with van der Waals surface area (Å²) in [6.45, 7) is 2.06. The van der Waals surface area contributed by atoms with Gasteiger partial charge in [-0.3, -0.25) is 4.98 Å². The second-order valence-electron chi connectivity index (χ2n) is 4.42. The molecule has 0 bridgehead atoms. The van der Waals surface area contributed by atoms with E-state index < -0.39 is 0 Å². The van der Waals surface area contributed by atoms with Gasteiger partial charge in [0.05, 0.1) is 23.4 Å². The van der Waals surface area contributed by atoms with Crippen LogP contribution in [-0.2, 0) is 0 Å². The van der Waals surface area contributed by atoms with Crippen molar-refractivity contribution >= 4 is 32.5 Å². The van der Waals surface area contributed by atoms with Crippen LogP contribution in [-0.4, -0.2) is 4.98 Å². The normalized spacial score (nSPS) is 12.5. The van der Waals surface area contributed by atoms with E-state index in [-0.39, 0.29) is 6.04 Å². The Morgan fingerprint density at radius 2 is 2.05 bits per heavy atom. The van der Waals surface area contributed by atoms with Gasteiger partial charge in [-0.1, -0.05) is 18.2 Å². The number of benzene rings is 1. The molecule has 19 heavy (non-hydrogen) atoms. The molecule has 96 valence electrons. The molecular weight excluding hydrogens is 304 g/mol. The van der Waals surface area contributed by atoms with Gasteiger partial charge in [0.15, 0.2) is 4.67 Å². The summed E-state index contributed by atoms with van der Waals surface area (Å²) in [5.41, 5.74) is 1.99. The molecule has 0 aliphatic rings. The first-order valence-electron chi connectivity index (χ1n) is 6.09. The Morgan fingerprint density at radius 1 is 1.21 bits per heavy atom. The van der Waals surface area contributed by atoms with Crippen LogP contribution in [0.1, 0.15) is 18.7 Å². The van der Waals surface area contributed by atoms with Crippen molar-refractivity contribution in [3.8, 4) is 0 Å². The number of anilines is 1. The van der Waals surface area contributed by atoms with E-state index in [4.69, 9.17) is 4.42 Å². The molecule has 1 atom stereocenters. The summed E-state index contributed by atoms with van der Waals surface area (Å²) in [7, 11) is 0. The molecule has 0 aliphatic carbocycles. The van der Waals surface area contributed by atoms with Crippen molar-refractivity contribution in [2.75, 3.05) is 5.32 Å². The van der Waals surface area contributed by atoms with Crippen molar-refractivity contribution in [2.45, 2.75) is 13.0 Å². The molecule has 2 aromatic heterocycles. The van der Waals surface area contributed by atoms with Crippen LogP contribution in [0, 0.1) is 0 Å². The predicted octanol–water partition coefficient (Wildman–Crippen LogP) is 4.76. The molecule has 1 aromatic carbocycles. The van der Waals surface area contributed by atoms with E-state index in [1.807, 2.05) is 36.5 Å². The molecular formula is C15H13BrN2O. The van der Waals surface area contributed by atoms with Gasteiger partial charge in [-0.25, -0.2) is 0 Å². The number of hydrogen-bond donors (Lipinski definition) is 1. The fourth-order valence-corrected chi connectivity index (χ4v) is 2.35. The summed E-state index contributed by atoms with van der Waals surface area (Å²) in [4.78, 5) is 4.43. The van der Waals surface area contributed by atoms with E-state index in [0.717, 1.165) is 27.0 Å². The van der Waals surface area contributed by atoms with Gasteiger partial charge < -0.3 is 9.73 Å². The Bertz CT molecular complexity index is 708. The highest BCUT2D eigenvalue weighted by atomic mass is 79.9. The molecule has 2 heterocycles. The average molecular weight is 317 g/mol. The van der Waals surface area contributed by atoms with E-state index in [1.165, 1.54) is 0 Å². The van der Waals surface area contributed by atoms with E-state index in [1.54, 1.807) is 0 Å². The predicted molar refractivity (Wildman–Crippen MR) is 80.2 cm³/mol. The second kappa shape index (κ2) is 5.05. The van der Waals surface area contributed by atoms with Gasteiger partial charge >= 0.3 is 0 Å². The monoisotopic (exact) mass is 316 g/mol. The number of nitrogens with zero attached hydrogens (tertiary/aromatic N) is 1. The molecule has 0 amide bonds. The molecule has 3 aromatic rings. The first-order chi connectivity index (χ1) is 9.22. The third-order valence-corrected chi connectivity index (χ3v) is 3.42. The lowest BCUT2D eigenvalue weighted by Crippen LogP contribution is -2.05. The molecule has 1 unspecified atom stereocenters. The zero-order chi connectivity index (χ0) is 13.2. The fourth-order valence-electron chi connectivity index (χ4n) is 2.03. The van der Waals surface area contributed by atoms with Gasteiger partial charge in [-0.05, 0) is 47.1 Å². The average Bonchev–Trinajstić information content (AvgIpc) is 2.85.